The average Bonchev–Trinajstić information content (AvgIpc) is 3.16. The van der Waals surface area contributed by atoms with Crippen LogP contribution in [0.3, 0.4) is 0 Å². The first-order chi connectivity index (χ1) is 14.3. The predicted octanol–water partition coefficient (Wildman–Crippen LogP) is 4.41. The first-order valence-electron chi connectivity index (χ1n) is 9.61. The molecule has 158 valence electrons. The Bertz CT molecular complexity index is 1130. The molecule has 2 atom stereocenters. The summed E-state index contributed by atoms with van der Waals surface area (Å²) in [5, 5.41) is 0.319. The van der Waals surface area contributed by atoms with E-state index in [-0.39, 0.29) is 21.5 Å². The molecule has 0 radical (unpaired) electrons. The number of amides is 1. The highest BCUT2D eigenvalue weighted by atomic mass is 35.5. The lowest BCUT2D eigenvalue weighted by molar-refractivity contribution is 0.0997. The highest BCUT2D eigenvalue weighted by Gasteiger charge is 2.24. The highest BCUT2D eigenvalue weighted by molar-refractivity contribution is 6.32. The van der Waals surface area contributed by atoms with Gasteiger partial charge in [-0.1, -0.05) is 31.0 Å². The number of methoxy groups -OCH3 is 1. The van der Waals surface area contributed by atoms with Gasteiger partial charge in [0.1, 0.15) is 22.3 Å². The van der Waals surface area contributed by atoms with Gasteiger partial charge in [0.15, 0.2) is 5.43 Å². The van der Waals surface area contributed by atoms with Crippen molar-refractivity contribution in [2.45, 2.75) is 32.1 Å². The van der Waals surface area contributed by atoms with Crippen molar-refractivity contribution in [1.82, 2.24) is 9.97 Å². The summed E-state index contributed by atoms with van der Waals surface area (Å²) in [7, 11) is 1.45. The molecule has 2 heterocycles. The number of ether oxygens (including phenoxy) is 1. The molecule has 3 aromatic rings. The van der Waals surface area contributed by atoms with Gasteiger partial charge in [0.25, 0.3) is 5.91 Å². The summed E-state index contributed by atoms with van der Waals surface area (Å²) in [6.45, 7) is 2.23. The van der Waals surface area contributed by atoms with E-state index in [0.717, 1.165) is 18.5 Å². The molecular formula is C22H23ClFN3O3. The number of aromatic nitrogens is 2. The smallest absolute Gasteiger partial charge is 0.268 e. The number of H-pyrrole nitrogens is 1. The van der Waals surface area contributed by atoms with Gasteiger partial charge in [-0.05, 0) is 42.9 Å². The standard InChI is InChI=1S/C15H17N3O2.C7H6ClFO/c1-8-2-3-9(6-8)11-7-12(19)13-10(18-11)4-5-17-14(13)15(16)20;1-10-6-4-2-3-5(9)7(6)8/h4-5,7-9H,2-3,6H2,1H3,(H2,16,20)(H,18,19);2-4H,1H3. The molecule has 1 aliphatic rings. The van der Waals surface area contributed by atoms with Crippen LogP contribution in [-0.4, -0.2) is 23.0 Å². The van der Waals surface area contributed by atoms with Crippen LogP contribution in [0.2, 0.25) is 5.02 Å². The van der Waals surface area contributed by atoms with Gasteiger partial charge in [0.2, 0.25) is 0 Å². The van der Waals surface area contributed by atoms with Crippen LogP contribution in [0.25, 0.3) is 10.9 Å². The third-order valence-electron chi connectivity index (χ3n) is 5.27. The Kier molecular flexibility index (Phi) is 6.72. The number of hydrogen-bond acceptors (Lipinski definition) is 4. The molecule has 0 spiro atoms. The number of nitrogens with one attached hydrogen (secondary N) is 1. The van der Waals surface area contributed by atoms with E-state index in [4.69, 9.17) is 22.1 Å². The van der Waals surface area contributed by atoms with Gasteiger partial charge in [0, 0.05) is 18.0 Å². The number of pyridine rings is 2. The fourth-order valence-corrected chi connectivity index (χ4v) is 3.96. The molecule has 1 saturated carbocycles. The SMILES string of the molecule is CC1CCC(c2cc(=O)c3c(C(N)=O)nccc3[nH]2)C1.COc1cccc(F)c1Cl. The maximum Gasteiger partial charge on any atom is 0.268 e. The molecule has 30 heavy (non-hydrogen) atoms. The van der Waals surface area contributed by atoms with E-state index in [1.807, 2.05) is 0 Å². The number of fused-ring (bicyclic) bond motifs is 1. The van der Waals surface area contributed by atoms with E-state index < -0.39 is 11.7 Å². The summed E-state index contributed by atoms with van der Waals surface area (Å²) < 4.78 is 17.3. The van der Waals surface area contributed by atoms with Crippen molar-refractivity contribution in [3.8, 4) is 5.75 Å². The van der Waals surface area contributed by atoms with Gasteiger partial charge >= 0.3 is 0 Å². The van der Waals surface area contributed by atoms with Gasteiger partial charge in [-0.25, -0.2) is 4.39 Å². The Labute approximate surface area is 178 Å². The molecular weight excluding hydrogens is 409 g/mol. The number of halogens is 2. The van der Waals surface area contributed by atoms with Crippen molar-refractivity contribution in [2.75, 3.05) is 7.11 Å². The van der Waals surface area contributed by atoms with Crippen molar-refractivity contribution >= 4 is 28.4 Å². The Morgan fingerprint density at radius 2 is 2.10 bits per heavy atom. The number of benzene rings is 1. The average molecular weight is 432 g/mol. The summed E-state index contributed by atoms with van der Waals surface area (Å²) in [6, 6.07) is 7.74. The molecule has 1 aromatic carbocycles. The van der Waals surface area contributed by atoms with E-state index in [1.165, 1.54) is 25.8 Å². The zero-order valence-corrected chi connectivity index (χ0v) is 17.5. The fourth-order valence-electron chi connectivity index (χ4n) is 3.76. The zero-order chi connectivity index (χ0) is 21.8. The summed E-state index contributed by atoms with van der Waals surface area (Å²) in [4.78, 5) is 30.8. The van der Waals surface area contributed by atoms with E-state index in [1.54, 1.807) is 24.3 Å². The number of nitrogens with zero attached hydrogens (tertiary/aromatic N) is 1. The maximum absolute atomic E-state index is 12.6. The molecule has 1 fully saturated rings. The Balaban J connectivity index is 0.000000216. The molecule has 1 aliphatic carbocycles. The summed E-state index contributed by atoms with van der Waals surface area (Å²) in [5.41, 5.74) is 6.71. The lowest BCUT2D eigenvalue weighted by Crippen LogP contribution is -2.18. The summed E-state index contributed by atoms with van der Waals surface area (Å²) >= 11 is 5.49. The molecule has 6 nitrogen and oxygen atoms in total. The first kappa shape index (κ1) is 21.8. The number of aromatic amines is 1. The molecule has 0 saturated heterocycles. The van der Waals surface area contributed by atoms with Crippen LogP contribution >= 0.6 is 11.6 Å². The topological polar surface area (TPSA) is 98.1 Å². The minimum absolute atomic E-state index is 0.0324. The van der Waals surface area contributed by atoms with Gasteiger partial charge in [0.05, 0.1) is 18.0 Å². The first-order valence-corrected chi connectivity index (χ1v) is 9.99. The van der Waals surface area contributed by atoms with Crippen LogP contribution in [0.15, 0.2) is 41.3 Å². The van der Waals surface area contributed by atoms with Crippen LogP contribution in [-0.2, 0) is 0 Å². The second-order valence-electron chi connectivity index (χ2n) is 7.41. The molecule has 0 aliphatic heterocycles. The second-order valence-corrected chi connectivity index (χ2v) is 7.78. The van der Waals surface area contributed by atoms with E-state index >= 15 is 0 Å². The van der Waals surface area contributed by atoms with E-state index in [2.05, 4.69) is 16.9 Å². The second kappa shape index (κ2) is 9.26. The van der Waals surface area contributed by atoms with Crippen molar-refractivity contribution in [3.63, 3.8) is 0 Å². The van der Waals surface area contributed by atoms with Crippen LogP contribution in [0, 0.1) is 11.7 Å². The third kappa shape index (κ3) is 4.62. The number of hydrogen-bond donors (Lipinski definition) is 2. The van der Waals surface area contributed by atoms with E-state index in [9.17, 15) is 14.0 Å². The lowest BCUT2D eigenvalue weighted by atomic mass is 10.0. The van der Waals surface area contributed by atoms with Gasteiger partial charge in [-0.15, -0.1) is 0 Å². The Morgan fingerprint density at radius 1 is 1.33 bits per heavy atom. The van der Waals surface area contributed by atoms with Crippen molar-refractivity contribution in [3.05, 3.63) is 69.0 Å². The number of carbonyl (C=O) groups excluding carboxylic acids is 1. The van der Waals surface area contributed by atoms with Crippen LogP contribution in [0.1, 0.15) is 48.3 Å². The highest BCUT2D eigenvalue weighted by Crippen LogP contribution is 2.37. The van der Waals surface area contributed by atoms with Crippen molar-refractivity contribution < 1.29 is 13.9 Å². The summed E-state index contributed by atoms with van der Waals surface area (Å²) in [5.74, 6) is 0.316. The van der Waals surface area contributed by atoms with Gasteiger partial charge in [-0.3, -0.25) is 14.6 Å². The number of nitrogens with two attached hydrogens (primary N) is 1. The molecule has 2 aromatic heterocycles. The van der Waals surface area contributed by atoms with Crippen molar-refractivity contribution in [1.29, 1.82) is 0 Å². The number of rotatable bonds is 3. The molecule has 4 rings (SSSR count). The molecule has 8 heteroatoms. The minimum Gasteiger partial charge on any atom is -0.495 e. The summed E-state index contributed by atoms with van der Waals surface area (Å²) in [6.07, 6.45) is 4.87. The van der Waals surface area contributed by atoms with Crippen LogP contribution in [0.4, 0.5) is 4.39 Å². The van der Waals surface area contributed by atoms with E-state index in [0.29, 0.717) is 23.1 Å². The minimum atomic E-state index is -0.677. The number of carbonyl (C=O) groups is 1. The quantitative estimate of drug-likeness (QED) is 0.641. The Hall–Kier alpha value is -2.93. The normalized spacial score (nSPS) is 18.0. The monoisotopic (exact) mass is 431 g/mol. The van der Waals surface area contributed by atoms with Crippen molar-refractivity contribution in [2.24, 2.45) is 11.7 Å². The van der Waals surface area contributed by atoms with Gasteiger partial charge in [-0.2, -0.15) is 0 Å². The molecule has 1 amide bonds. The number of primary amides is 1. The fraction of sp³-hybridized carbons (Fsp3) is 0.318. The molecule has 2 unspecified atom stereocenters. The predicted molar refractivity (Wildman–Crippen MR) is 115 cm³/mol. The molecule has 0 bridgehead atoms. The largest absolute Gasteiger partial charge is 0.495 e. The van der Waals surface area contributed by atoms with Crippen LogP contribution < -0.4 is 15.9 Å². The maximum atomic E-state index is 12.6. The zero-order valence-electron chi connectivity index (χ0n) is 16.7. The van der Waals surface area contributed by atoms with Crippen LogP contribution in [0.5, 0.6) is 5.75 Å². The van der Waals surface area contributed by atoms with Gasteiger partial charge < -0.3 is 15.5 Å². The third-order valence-corrected chi connectivity index (χ3v) is 5.63. The Morgan fingerprint density at radius 3 is 2.70 bits per heavy atom. The molecule has 3 N–H and O–H groups in total. The lowest BCUT2D eigenvalue weighted by Gasteiger charge is -2.11.